The van der Waals surface area contributed by atoms with Gasteiger partial charge in [0.2, 0.25) is 0 Å². The number of aromatic carboxylic acids is 1. The van der Waals surface area contributed by atoms with Crippen LogP contribution in [0.3, 0.4) is 0 Å². The Kier molecular flexibility index (Phi) is 5.89. The lowest BCUT2D eigenvalue weighted by atomic mass is 9.87. The van der Waals surface area contributed by atoms with Crippen LogP contribution < -0.4 is 11.1 Å². The Labute approximate surface area is 200 Å². The largest absolute Gasteiger partial charge is 0.478 e. The number of aromatic nitrogens is 4. The summed E-state index contributed by atoms with van der Waals surface area (Å²) in [6.07, 6.45) is 0. The minimum absolute atomic E-state index is 0.00582. The Balaban J connectivity index is 1.66. The summed E-state index contributed by atoms with van der Waals surface area (Å²) in [5, 5.41) is 23.1. The summed E-state index contributed by atoms with van der Waals surface area (Å²) < 4.78 is 2.64. The normalized spacial score (nSPS) is 11.9. The van der Waals surface area contributed by atoms with Crippen LogP contribution in [0, 0.1) is 13.8 Å². The van der Waals surface area contributed by atoms with Crippen molar-refractivity contribution in [1.82, 2.24) is 19.6 Å². The molecule has 0 aliphatic carbocycles. The average Bonchev–Trinajstić information content (AvgIpc) is 3.26. The van der Waals surface area contributed by atoms with Gasteiger partial charge in [0.15, 0.2) is 11.4 Å². The molecular formula is C25H26N6O4. The van der Waals surface area contributed by atoms with Crippen LogP contribution in [-0.4, -0.2) is 30.6 Å². The van der Waals surface area contributed by atoms with Gasteiger partial charge in [-0.05, 0) is 61.2 Å². The summed E-state index contributed by atoms with van der Waals surface area (Å²) in [4.78, 5) is 37.0. The molecule has 2 aromatic carbocycles. The van der Waals surface area contributed by atoms with E-state index in [1.807, 2.05) is 24.3 Å². The van der Waals surface area contributed by atoms with E-state index in [4.69, 9.17) is 5.11 Å². The van der Waals surface area contributed by atoms with Crippen LogP contribution in [0.5, 0.6) is 0 Å². The van der Waals surface area contributed by atoms with E-state index in [2.05, 4.69) is 41.2 Å². The summed E-state index contributed by atoms with van der Waals surface area (Å²) in [5.41, 5.74) is 2.62. The van der Waals surface area contributed by atoms with Crippen molar-refractivity contribution in [3.8, 4) is 11.4 Å². The molecule has 10 nitrogen and oxygen atoms in total. The van der Waals surface area contributed by atoms with Gasteiger partial charge in [-0.1, -0.05) is 32.9 Å². The average molecular weight is 475 g/mol. The van der Waals surface area contributed by atoms with E-state index < -0.39 is 11.5 Å². The number of carboxylic acid groups (broad SMARTS) is 1. The monoisotopic (exact) mass is 474 g/mol. The number of carboxylic acids is 1. The maximum absolute atomic E-state index is 13.0. The lowest BCUT2D eigenvalue weighted by Gasteiger charge is -2.19. The number of azo groups is 1. The molecule has 0 saturated carbocycles. The fraction of sp³-hybridized carbons (Fsp3) is 0.240. The Bertz CT molecular complexity index is 1540. The third-order valence-electron chi connectivity index (χ3n) is 5.69. The van der Waals surface area contributed by atoms with Crippen molar-refractivity contribution in [2.45, 2.75) is 40.0 Å². The predicted octanol–water partition coefficient (Wildman–Crippen LogP) is 4.67. The fourth-order valence-corrected chi connectivity index (χ4v) is 3.64. The molecule has 0 saturated heterocycles. The topological polar surface area (TPSA) is 138 Å². The van der Waals surface area contributed by atoms with Crippen LogP contribution in [0.25, 0.3) is 11.4 Å². The van der Waals surface area contributed by atoms with Crippen LogP contribution in [0.15, 0.2) is 68.3 Å². The molecule has 2 aromatic heterocycles. The minimum Gasteiger partial charge on any atom is -0.478 e. The van der Waals surface area contributed by atoms with Crippen molar-refractivity contribution in [3.05, 3.63) is 91.8 Å². The second kappa shape index (κ2) is 8.71. The van der Waals surface area contributed by atoms with Gasteiger partial charge in [0.25, 0.3) is 11.1 Å². The van der Waals surface area contributed by atoms with Gasteiger partial charge in [-0.25, -0.2) is 14.2 Å². The highest BCUT2D eigenvalue weighted by Crippen LogP contribution is 2.24. The van der Waals surface area contributed by atoms with Gasteiger partial charge in [-0.2, -0.15) is 0 Å². The van der Waals surface area contributed by atoms with E-state index >= 15 is 0 Å². The Hall–Kier alpha value is -4.47. The number of benzene rings is 2. The second-order valence-electron chi connectivity index (χ2n) is 9.30. The minimum atomic E-state index is -1.06. The lowest BCUT2D eigenvalue weighted by Crippen LogP contribution is -2.15. The van der Waals surface area contributed by atoms with Crippen molar-refractivity contribution >= 4 is 17.3 Å². The number of aryl methyl sites for hydroxylation is 2. The van der Waals surface area contributed by atoms with Gasteiger partial charge < -0.3 is 5.11 Å². The van der Waals surface area contributed by atoms with Crippen LogP contribution >= 0.6 is 0 Å². The number of hydrogen-bond acceptors (Lipinski definition) is 5. The first-order chi connectivity index (χ1) is 16.5. The van der Waals surface area contributed by atoms with Crippen molar-refractivity contribution in [2.75, 3.05) is 0 Å². The molecule has 4 rings (SSSR count). The highest BCUT2D eigenvalue weighted by molar-refractivity contribution is 5.87. The van der Waals surface area contributed by atoms with E-state index in [1.54, 1.807) is 13.8 Å². The van der Waals surface area contributed by atoms with E-state index in [1.165, 1.54) is 33.6 Å². The van der Waals surface area contributed by atoms with Crippen LogP contribution in [-0.2, 0) is 5.41 Å². The Morgan fingerprint density at radius 2 is 1.17 bits per heavy atom. The van der Waals surface area contributed by atoms with Crippen LogP contribution in [0.1, 0.15) is 48.1 Å². The van der Waals surface area contributed by atoms with Gasteiger partial charge in [-0.3, -0.25) is 19.8 Å². The molecule has 4 aromatic rings. The zero-order valence-electron chi connectivity index (χ0n) is 20.1. The summed E-state index contributed by atoms with van der Waals surface area (Å²) >= 11 is 0. The fourth-order valence-electron chi connectivity index (χ4n) is 3.64. The Morgan fingerprint density at radius 1 is 0.771 bits per heavy atom. The number of nitrogens with one attached hydrogen (secondary N) is 2. The molecule has 0 aliphatic rings. The molecule has 10 heteroatoms. The highest BCUT2D eigenvalue weighted by Gasteiger charge is 2.17. The maximum Gasteiger partial charge on any atom is 0.335 e. The first kappa shape index (κ1) is 23.7. The summed E-state index contributed by atoms with van der Waals surface area (Å²) in [5.74, 6) is -1.06. The SMILES string of the molecule is Cc1[nH]n(-c2ccc(C(=O)O)cc2)c(=O)c1N=Nc1c(C)[nH]n(-c2ccc(C(C)(C)C)cc2)c1=O. The van der Waals surface area contributed by atoms with Crippen LogP contribution in [0.2, 0.25) is 0 Å². The number of hydrogen-bond donors (Lipinski definition) is 3. The number of rotatable bonds is 5. The number of nitrogens with zero attached hydrogens (tertiary/aromatic N) is 4. The molecule has 0 radical (unpaired) electrons. The van der Waals surface area contributed by atoms with Gasteiger partial charge >= 0.3 is 5.97 Å². The lowest BCUT2D eigenvalue weighted by molar-refractivity contribution is 0.0697. The predicted molar refractivity (Wildman–Crippen MR) is 132 cm³/mol. The molecule has 3 N–H and O–H groups in total. The highest BCUT2D eigenvalue weighted by atomic mass is 16.4. The van der Waals surface area contributed by atoms with E-state index in [0.29, 0.717) is 22.8 Å². The third-order valence-corrected chi connectivity index (χ3v) is 5.69. The molecule has 2 heterocycles. The molecule has 0 unspecified atom stereocenters. The molecule has 0 fully saturated rings. The molecule has 0 amide bonds. The molecule has 0 atom stereocenters. The molecule has 35 heavy (non-hydrogen) atoms. The molecule has 0 bridgehead atoms. The smallest absolute Gasteiger partial charge is 0.335 e. The van der Waals surface area contributed by atoms with Gasteiger partial charge in [0, 0.05) is 0 Å². The van der Waals surface area contributed by atoms with E-state index in [-0.39, 0.29) is 27.9 Å². The molecule has 180 valence electrons. The zero-order chi connectivity index (χ0) is 25.5. The van der Waals surface area contributed by atoms with Gasteiger partial charge in [0.1, 0.15) is 0 Å². The van der Waals surface area contributed by atoms with Crippen molar-refractivity contribution in [2.24, 2.45) is 10.2 Å². The third kappa shape index (κ3) is 4.50. The summed E-state index contributed by atoms with van der Waals surface area (Å²) in [6.45, 7) is 9.73. The van der Waals surface area contributed by atoms with E-state index in [9.17, 15) is 14.4 Å². The zero-order valence-corrected chi connectivity index (χ0v) is 20.1. The maximum atomic E-state index is 13.0. The molecule has 0 spiro atoms. The van der Waals surface area contributed by atoms with Crippen LogP contribution in [0.4, 0.5) is 11.4 Å². The number of aromatic amines is 2. The number of H-pyrrole nitrogens is 2. The molecular weight excluding hydrogens is 448 g/mol. The van der Waals surface area contributed by atoms with Gasteiger partial charge in [0.05, 0.1) is 28.3 Å². The second-order valence-corrected chi connectivity index (χ2v) is 9.30. The van der Waals surface area contributed by atoms with E-state index in [0.717, 1.165) is 5.56 Å². The summed E-state index contributed by atoms with van der Waals surface area (Å²) in [6, 6.07) is 13.5. The first-order valence-corrected chi connectivity index (χ1v) is 11.0. The first-order valence-electron chi connectivity index (χ1n) is 11.0. The quantitative estimate of drug-likeness (QED) is 0.362. The molecule has 0 aliphatic heterocycles. The number of carbonyl (C=O) groups is 1. The van der Waals surface area contributed by atoms with Gasteiger partial charge in [-0.15, -0.1) is 10.2 Å². The van der Waals surface area contributed by atoms with Crippen molar-refractivity contribution in [1.29, 1.82) is 0 Å². The Morgan fingerprint density at radius 3 is 1.54 bits per heavy atom. The summed E-state index contributed by atoms with van der Waals surface area (Å²) in [7, 11) is 0. The standard InChI is InChI=1S/C25H26N6O4/c1-14-20(22(32)30(28-14)18-10-6-16(7-11-18)24(34)35)26-27-21-15(2)29-31(23(21)33)19-12-8-17(9-13-19)25(3,4)5/h6-13,28-29H,1-5H3,(H,34,35). The van der Waals surface area contributed by atoms with Crippen molar-refractivity contribution < 1.29 is 9.90 Å². The van der Waals surface area contributed by atoms with Crippen molar-refractivity contribution in [3.63, 3.8) is 0 Å².